The third kappa shape index (κ3) is 22.9. The van der Waals surface area contributed by atoms with E-state index in [2.05, 4.69) is 16.0 Å². The van der Waals surface area contributed by atoms with E-state index in [1.807, 2.05) is 103 Å². The molecule has 22 heteroatoms. The lowest BCUT2D eigenvalue weighted by Crippen LogP contribution is -2.54. The number of nitrogens with zero attached hydrogens (tertiary/aromatic N) is 3. The van der Waals surface area contributed by atoms with Gasteiger partial charge in [-0.05, 0) is 93.0 Å². The molecule has 0 bridgehead atoms. The zero-order chi connectivity index (χ0) is 68.7. The first-order valence-electron chi connectivity index (χ1n) is 33.3. The number of primary amides is 1. The maximum atomic E-state index is 14.6. The molecule has 2 aliphatic rings. The van der Waals surface area contributed by atoms with Gasteiger partial charge in [0.1, 0.15) is 23.8 Å². The van der Waals surface area contributed by atoms with E-state index in [4.69, 9.17) is 25.7 Å². The smallest absolute Gasteiger partial charge is 0.312 e. The Balaban J connectivity index is 1.42. The minimum absolute atomic E-state index is 0.0161. The Bertz CT molecular complexity index is 2690. The molecular weight excluding hydrogens is 1180 g/mol. The average molecular weight is 1290 g/mol. The topological polar surface area (TPSA) is 320 Å². The van der Waals surface area contributed by atoms with E-state index in [0.717, 1.165) is 11.1 Å². The second-order valence-corrected chi connectivity index (χ2v) is 27.0. The molecule has 6 amide bonds. The number of ether oxygens (including phenoxy) is 3. The Labute approximate surface area is 547 Å². The van der Waals surface area contributed by atoms with Crippen LogP contribution in [-0.2, 0) is 71.8 Å². The summed E-state index contributed by atoms with van der Waals surface area (Å²) in [6.45, 7) is 18.2. The highest BCUT2D eigenvalue weighted by Crippen LogP contribution is 2.33. The van der Waals surface area contributed by atoms with Gasteiger partial charge in [0.25, 0.3) is 0 Å². The van der Waals surface area contributed by atoms with Crippen LogP contribution in [0.5, 0.6) is 0 Å². The first-order valence-corrected chi connectivity index (χ1v) is 33.3. The first-order chi connectivity index (χ1) is 43.5. The molecular formula is C70H112N8O14. The Morgan fingerprint density at radius 3 is 1.90 bits per heavy atom. The molecule has 0 aromatic heterocycles. The van der Waals surface area contributed by atoms with E-state index in [1.54, 1.807) is 64.0 Å². The van der Waals surface area contributed by atoms with Gasteiger partial charge in [0.2, 0.25) is 23.6 Å². The number of carbonyl (C=O) groups is 9. The lowest BCUT2D eigenvalue weighted by atomic mass is 9.83. The van der Waals surface area contributed by atoms with Gasteiger partial charge in [0.15, 0.2) is 11.6 Å². The molecule has 516 valence electrons. The number of likely N-dealkylation sites (tertiary alicyclic amines) is 1. The number of Topliss-reactive ketones (excluding diaryl/α,β-unsaturated/α-hetero) is 4. The quantitative estimate of drug-likeness (QED) is 0.0430. The van der Waals surface area contributed by atoms with Crippen LogP contribution in [0.3, 0.4) is 0 Å². The van der Waals surface area contributed by atoms with Crippen molar-refractivity contribution in [2.45, 2.75) is 207 Å². The van der Waals surface area contributed by atoms with Gasteiger partial charge in [-0.25, -0.2) is 4.79 Å². The highest BCUT2D eigenvalue weighted by Gasteiger charge is 2.45. The molecule has 2 aromatic carbocycles. The number of benzene rings is 2. The molecule has 9 unspecified atom stereocenters. The van der Waals surface area contributed by atoms with Crippen molar-refractivity contribution in [3.63, 3.8) is 0 Å². The van der Waals surface area contributed by atoms with Gasteiger partial charge in [0.05, 0.1) is 55.0 Å². The van der Waals surface area contributed by atoms with Gasteiger partial charge in [-0.3, -0.25) is 43.3 Å². The molecule has 2 aromatic rings. The van der Waals surface area contributed by atoms with Gasteiger partial charge in [-0.15, -0.1) is 0 Å². The van der Waals surface area contributed by atoms with Crippen LogP contribution in [0.25, 0.3) is 0 Å². The number of aliphatic hydroxyl groups is 2. The summed E-state index contributed by atoms with van der Waals surface area (Å²) >= 11 is 0. The molecule has 4 rings (SSSR count). The molecule has 0 aliphatic carbocycles. The predicted octanol–water partition coefficient (Wildman–Crippen LogP) is 5.02. The minimum atomic E-state index is -1.31. The number of nitrogens with two attached hydrogens (primary N) is 2. The lowest BCUT2D eigenvalue weighted by molar-refractivity contribution is -0.149. The van der Waals surface area contributed by atoms with Crippen LogP contribution in [0.2, 0.25) is 0 Å². The van der Waals surface area contributed by atoms with Gasteiger partial charge in [-0.1, -0.05) is 123 Å². The van der Waals surface area contributed by atoms with E-state index in [1.165, 1.54) is 0 Å². The van der Waals surface area contributed by atoms with Crippen LogP contribution in [0, 0.1) is 47.3 Å². The fraction of sp³-hybridized carbons (Fsp3) is 0.700. The van der Waals surface area contributed by atoms with Crippen molar-refractivity contribution in [1.29, 1.82) is 0 Å². The number of hydrogen-bond acceptors (Lipinski definition) is 16. The Morgan fingerprint density at radius 1 is 0.717 bits per heavy atom. The van der Waals surface area contributed by atoms with Crippen LogP contribution in [0.15, 0.2) is 54.6 Å². The summed E-state index contributed by atoms with van der Waals surface area (Å²) in [5.41, 5.74) is 13.3. The minimum Gasteiger partial charge on any atom is -0.388 e. The van der Waals surface area contributed by atoms with Crippen LogP contribution in [0.4, 0.5) is 4.79 Å². The molecule has 9 N–H and O–H groups in total. The highest BCUT2D eigenvalue weighted by molar-refractivity contribution is 5.93. The molecule has 0 saturated carbocycles. The third-order valence-corrected chi connectivity index (χ3v) is 19.1. The number of hydrogen-bond donors (Lipinski definition) is 7. The molecule has 0 radical (unpaired) electrons. The largest absolute Gasteiger partial charge is 0.388 e. The Morgan fingerprint density at radius 2 is 1.35 bits per heavy atom. The molecule has 2 saturated heterocycles. The summed E-state index contributed by atoms with van der Waals surface area (Å²) in [4.78, 5) is 130. The number of nitrogens with one attached hydrogen (secondary N) is 3. The van der Waals surface area contributed by atoms with E-state index < -0.39 is 90.4 Å². The van der Waals surface area contributed by atoms with Gasteiger partial charge < -0.3 is 61.6 Å². The fourth-order valence-corrected chi connectivity index (χ4v) is 13.5. The normalized spacial score (nSPS) is 20.8. The van der Waals surface area contributed by atoms with Crippen molar-refractivity contribution < 1.29 is 67.6 Å². The predicted molar refractivity (Wildman–Crippen MR) is 353 cm³/mol. The number of amides is 6. The molecule has 15 atom stereocenters. The molecule has 2 aliphatic heterocycles. The van der Waals surface area contributed by atoms with Crippen LogP contribution in [0.1, 0.15) is 143 Å². The highest BCUT2D eigenvalue weighted by atomic mass is 16.5. The zero-order valence-electron chi connectivity index (χ0n) is 57.4. The molecule has 92 heavy (non-hydrogen) atoms. The second-order valence-electron chi connectivity index (χ2n) is 27.0. The van der Waals surface area contributed by atoms with Gasteiger partial charge in [-0.2, -0.15) is 0 Å². The van der Waals surface area contributed by atoms with Crippen molar-refractivity contribution in [2.24, 2.45) is 58.8 Å². The summed E-state index contributed by atoms with van der Waals surface area (Å²) in [6.07, 6.45) is -2.94. The van der Waals surface area contributed by atoms with Crippen LogP contribution >= 0.6 is 0 Å². The zero-order valence-corrected chi connectivity index (χ0v) is 57.4. The molecule has 2 fully saturated rings. The van der Waals surface area contributed by atoms with E-state index in [-0.39, 0.29) is 135 Å². The van der Waals surface area contributed by atoms with Crippen molar-refractivity contribution >= 4 is 52.8 Å². The van der Waals surface area contributed by atoms with Crippen molar-refractivity contribution in [3.8, 4) is 0 Å². The van der Waals surface area contributed by atoms with E-state index in [9.17, 15) is 53.4 Å². The van der Waals surface area contributed by atoms with E-state index in [0.29, 0.717) is 50.6 Å². The van der Waals surface area contributed by atoms with Crippen LogP contribution < -0.4 is 27.4 Å². The van der Waals surface area contributed by atoms with E-state index >= 15 is 0 Å². The van der Waals surface area contributed by atoms with Gasteiger partial charge in [0, 0.05) is 103 Å². The number of ketones is 4. The van der Waals surface area contributed by atoms with Crippen molar-refractivity contribution in [1.82, 2.24) is 30.7 Å². The number of methoxy groups -OCH3 is 2. The summed E-state index contributed by atoms with van der Waals surface area (Å²) in [5, 5.41) is 29.1. The number of rotatable bonds is 41. The number of carbonyl (C=O) groups excluding carboxylic acids is 9. The summed E-state index contributed by atoms with van der Waals surface area (Å²) < 4.78 is 17.9. The SMILES string of the molecule is CC[C@H](C)C(C(CC(=O)N1CCCC1C(OC)C(C)C(=O)C[C@@H](Cc1ccccc1)C(=O)NCCc1ccc(CC(=O)C(CCCNC(N)=O)NC(=O)[C@H](CC(=O)C[C@@H]2O[C@H](CN)C(O)C2O)C(C)C)cc1)OC)N(C)C(=O)[C@@H](CC(=O)C(C(C)C)N(C)C)C(C)C. The second kappa shape index (κ2) is 38.4. The van der Waals surface area contributed by atoms with Crippen molar-refractivity contribution in [2.75, 3.05) is 61.5 Å². The monoisotopic (exact) mass is 1290 g/mol. The molecule has 2 heterocycles. The average Bonchev–Trinajstić information content (AvgIpc) is 1.42. The number of likely N-dealkylation sites (N-methyl/N-ethyl adjacent to an activating group) is 2. The number of urea groups is 1. The maximum Gasteiger partial charge on any atom is 0.312 e. The maximum absolute atomic E-state index is 14.6. The number of aliphatic hydroxyl groups excluding tert-OH is 2. The van der Waals surface area contributed by atoms with Crippen molar-refractivity contribution in [3.05, 3.63) is 71.3 Å². The van der Waals surface area contributed by atoms with Crippen LogP contribution in [-0.4, -0.2) is 200 Å². The molecule has 22 nitrogen and oxygen atoms in total. The third-order valence-electron chi connectivity index (χ3n) is 19.1. The van der Waals surface area contributed by atoms with Gasteiger partial charge >= 0.3 is 6.03 Å². The summed E-state index contributed by atoms with van der Waals surface area (Å²) in [6, 6.07) is 13.9. The fourth-order valence-electron chi connectivity index (χ4n) is 13.5. The molecule has 0 spiro atoms. The Kier molecular flexibility index (Phi) is 32.7. The lowest BCUT2D eigenvalue weighted by Gasteiger charge is -2.41. The Hall–Kier alpha value is -6.01. The standard InChI is InChI=1S/C70H112N8O14/c1-15-44(8)63(77(12)69(88)52(42(4)5)38-57(82)62(43(6)7)76(10)11)58(90-13)39-61(83)78-32-20-24-54(78)66(91-14)45(9)55(80)35-49(33-47-21-17-16-18-22-47)67(86)73-31-29-46-25-27-48(28-26-46)34-56(81)53(23-19-30-74-70(72)89)75-68(87)51(41(2)3)36-50(79)37-59-64(84)65(85)60(40-71)92-59/h16-18,21-22,25-28,41-45,49,51-54,58-60,62-66,84-85H,15,19-20,23-24,29-40,71H2,1-14H3,(H,73,86)(H,75,87)(H3,72,74,89)/t44-,45?,49+,51+,52-,53?,54?,58?,59-,60+,62?,63?,64?,65?,66?/m0/s1. The summed E-state index contributed by atoms with van der Waals surface area (Å²) in [7, 11) is 8.61. The summed E-state index contributed by atoms with van der Waals surface area (Å²) in [5.74, 6) is -5.19. The first kappa shape index (κ1) is 78.4.